The summed E-state index contributed by atoms with van der Waals surface area (Å²) in [5.74, 6) is 0.900. The molecule has 0 saturated carbocycles. The molecule has 6 heteroatoms. The van der Waals surface area contributed by atoms with Gasteiger partial charge in [0.2, 0.25) is 17.7 Å². The van der Waals surface area contributed by atoms with E-state index in [-0.39, 0.29) is 12.5 Å². The number of carbonyl (C=O) groups is 1. The highest BCUT2D eigenvalue weighted by molar-refractivity contribution is 6.07. The number of rotatable bonds is 2. The summed E-state index contributed by atoms with van der Waals surface area (Å²) in [4.78, 5) is 13.9. The number of nitrogens with zero attached hydrogens (tertiary/aromatic N) is 3. The van der Waals surface area contributed by atoms with E-state index >= 15 is 0 Å². The molecule has 2 heterocycles. The molecule has 1 aliphatic heterocycles. The molecule has 2 aromatic rings. The molecule has 0 bridgehead atoms. The molecule has 0 aliphatic carbocycles. The number of aromatic nitrogens is 2. The molecule has 0 atom stereocenters. The minimum atomic E-state index is -0.545. The third kappa shape index (κ3) is 1.65. The van der Waals surface area contributed by atoms with Crippen LogP contribution in [0.25, 0.3) is 11.5 Å². The van der Waals surface area contributed by atoms with Crippen LogP contribution in [0.2, 0.25) is 0 Å². The number of hydrogen-bond acceptors (Lipinski definition) is 5. The average Bonchev–Trinajstić information content (AvgIpc) is 2.99. The Hall–Kier alpha value is -2.21. The van der Waals surface area contributed by atoms with Crippen LogP contribution in [0.15, 0.2) is 22.6 Å². The first kappa shape index (κ1) is 12.8. The Morgan fingerprint density at radius 1 is 1.35 bits per heavy atom. The maximum absolute atomic E-state index is 12.2. The van der Waals surface area contributed by atoms with Crippen molar-refractivity contribution in [3.63, 3.8) is 0 Å². The van der Waals surface area contributed by atoms with Crippen molar-refractivity contribution < 1.29 is 9.21 Å². The van der Waals surface area contributed by atoms with Crippen molar-refractivity contribution in [2.75, 3.05) is 11.9 Å². The Bertz CT molecular complexity index is 690. The second kappa shape index (κ2) is 4.14. The third-order valence-corrected chi connectivity index (χ3v) is 3.76. The fourth-order valence-corrected chi connectivity index (χ4v) is 2.56. The summed E-state index contributed by atoms with van der Waals surface area (Å²) >= 11 is 0. The smallest absolute Gasteiger partial charge is 0.247 e. The molecule has 0 radical (unpaired) electrons. The molecule has 2 N–H and O–H groups in total. The van der Waals surface area contributed by atoms with Crippen LogP contribution >= 0.6 is 0 Å². The first-order valence-electron chi connectivity index (χ1n) is 6.40. The molecular formula is C14H16N4O2. The SMILES string of the molecule is CN1C(=O)C(C)(C)c2cc(-c3nnc(CN)o3)ccc21. The van der Waals surface area contributed by atoms with E-state index < -0.39 is 5.41 Å². The van der Waals surface area contributed by atoms with Crippen LogP contribution in [0.1, 0.15) is 25.3 Å². The molecule has 0 unspecified atom stereocenters. The summed E-state index contributed by atoms with van der Waals surface area (Å²) in [6, 6.07) is 5.71. The van der Waals surface area contributed by atoms with Crippen molar-refractivity contribution in [3.05, 3.63) is 29.7 Å². The van der Waals surface area contributed by atoms with Crippen LogP contribution < -0.4 is 10.6 Å². The van der Waals surface area contributed by atoms with E-state index in [1.807, 2.05) is 32.0 Å². The van der Waals surface area contributed by atoms with Crippen LogP contribution in [0.3, 0.4) is 0 Å². The molecule has 1 aromatic heterocycles. The number of likely N-dealkylation sites (N-methyl/N-ethyl adjacent to an activating group) is 1. The Kier molecular flexibility index (Phi) is 2.65. The van der Waals surface area contributed by atoms with Gasteiger partial charge in [0.25, 0.3) is 0 Å². The second-order valence-corrected chi connectivity index (χ2v) is 5.43. The lowest BCUT2D eigenvalue weighted by Crippen LogP contribution is -2.33. The van der Waals surface area contributed by atoms with Crippen molar-refractivity contribution in [2.45, 2.75) is 25.8 Å². The van der Waals surface area contributed by atoms with Gasteiger partial charge in [-0.15, -0.1) is 10.2 Å². The van der Waals surface area contributed by atoms with Crippen molar-refractivity contribution in [1.29, 1.82) is 0 Å². The minimum absolute atomic E-state index is 0.0813. The van der Waals surface area contributed by atoms with Gasteiger partial charge in [-0.05, 0) is 37.6 Å². The number of carbonyl (C=O) groups excluding carboxylic acids is 1. The van der Waals surface area contributed by atoms with E-state index in [0.717, 1.165) is 16.8 Å². The first-order valence-corrected chi connectivity index (χ1v) is 6.40. The summed E-state index contributed by atoms with van der Waals surface area (Å²) in [6.45, 7) is 4.05. The maximum Gasteiger partial charge on any atom is 0.247 e. The molecule has 0 fully saturated rings. The van der Waals surface area contributed by atoms with Crippen molar-refractivity contribution in [2.24, 2.45) is 5.73 Å². The minimum Gasteiger partial charge on any atom is -0.419 e. The summed E-state index contributed by atoms with van der Waals surface area (Å²) in [6.07, 6.45) is 0. The van der Waals surface area contributed by atoms with Crippen molar-refractivity contribution in [1.82, 2.24) is 10.2 Å². The zero-order chi connectivity index (χ0) is 14.5. The molecule has 3 rings (SSSR count). The lowest BCUT2D eigenvalue weighted by molar-refractivity contribution is -0.121. The van der Waals surface area contributed by atoms with Gasteiger partial charge in [-0.3, -0.25) is 4.79 Å². The third-order valence-electron chi connectivity index (χ3n) is 3.76. The zero-order valence-corrected chi connectivity index (χ0v) is 11.7. The second-order valence-electron chi connectivity index (χ2n) is 5.43. The average molecular weight is 272 g/mol. The molecule has 104 valence electrons. The summed E-state index contributed by atoms with van der Waals surface area (Å²) in [5.41, 5.74) is 7.60. The molecule has 0 spiro atoms. The van der Waals surface area contributed by atoms with Crippen LogP contribution in [0, 0.1) is 0 Å². The highest BCUT2D eigenvalue weighted by atomic mass is 16.4. The molecule has 1 aromatic carbocycles. The lowest BCUT2D eigenvalue weighted by Gasteiger charge is -2.16. The van der Waals surface area contributed by atoms with Crippen LogP contribution in [0.4, 0.5) is 5.69 Å². The topological polar surface area (TPSA) is 85.2 Å². The molecule has 0 saturated heterocycles. The predicted octanol–water partition coefficient (Wildman–Crippen LogP) is 1.45. The fraction of sp³-hybridized carbons (Fsp3) is 0.357. The van der Waals surface area contributed by atoms with Gasteiger partial charge in [-0.2, -0.15) is 0 Å². The quantitative estimate of drug-likeness (QED) is 0.894. The van der Waals surface area contributed by atoms with E-state index in [1.54, 1.807) is 11.9 Å². The summed E-state index contributed by atoms with van der Waals surface area (Å²) < 4.78 is 5.45. The first-order chi connectivity index (χ1) is 9.45. The number of amides is 1. The van der Waals surface area contributed by atoms with Gasteiger partial charge in [0.05, 0.1) is 12.0 Å². The van der Waals surface area contributed by atoms with Gasteiger partial charge < -0.3 is 15.1 Å². The van der Waals surface area contributed by atoms with Crippen molar-refractivity contribution >= 4 is 11.6 Å². The Morgan fingerprint density at radius 2 is 2.10 bits per heavy atom. The number of nitrogens with two attached hydrogens (primary N) is 1. The number of benzene rings is 1. The molecule has 1 aliphatic rings. The van der Waals surface area contributed by atoms with E-state index in [4.69, 9.17) is 10.2 Å². The van der Waals surface area contributed by atoms with Gasteiger partial charge in [-0.25, -0.2) is 0 Å². The van der Waals surface area contributed by atoms with Crippen LogP contribution in [-0.4, -0.2) is 23.2 Å². The number of fused-ring (bicyclic) bond motifs is 1. The van der Waals surface area contributed by atoms with E-state index in [0.29, 0.717) is 11.8 Å². The van der Waals surface area contributed by atoms with E-state index in [9.17, 15) is 4.79 Å². The van der Waals surface area contributed by atoms with Gasteiger partial charge in [0, 0.05) is 18.3 Å². The number of anilines is 1. The van der Waals surface area contributed by atoms with E-state index in [1.165, 1.54) is 0 Å². The zero-order valence-electron chi connectivity index (χ0n) is 11.7. The molecule has 20 heavy (non-hydrogen) atoms. The standard InChI is InChI=1S/C14H16N4O2/c1-14(2)9-6-8(12-17-16-11(7-15)20-12)4-5-10(9)18(3)13(14)19/h4-6H,7,15H2,1-3H3. The Balaban J connectivity index is 2.11. The molecular weight excluding hydrogens is 256 g/mol. The van der Waals surface area contributed by atoms with Crippen LogP contribution in [-0.2, 0) is 16.8 Å². The van der Waals surface area contributed by atoms with Gasteiger partial charge in [-0.1, -0.05) is 0 Å². The normalized spacial score (nSPS) is 16.6. The highest BCUT2D eigenvalue weighted by Crippen LogP contribution is 2.42. The van der Waals surface area contributed by atoms with Crippen LogP contribution in [0.5, 0.6) is 0 Å². The fourth-order valence-electron chi connectivity index (χ4n) is 2.56. The Morgan fingerprint density at radius 3 is 2.75 bits per heavy atom. The Labute approximate surface area is 116 Å². The number of hydrogen-bond donors (Lipinski definition) is 1. The summed E-state index contributed by atoms with van der Waals surface area (Å²) in [5, 5.41) is 7.83. The summed E-state index contributed by atoms with van der Waals surface area (Å²) in [7, 11) is 1.79. The predicted molar refractivity (Wildman–Crippen MR) is 74.1 cm³/mol. The van der Waals surface area contributed by atoms with Gasteiger partial charge in [0.15, 0.2) is 0 Å². The van der Waals surface area contributed by atoms with Crippen molar-refractivity contribution in [3.8, 4) is 11.5 Å². The maximum atomic E-state index is 12.2. The van der Waals surface area contributed by atoms with E-state index in [2.05, 4.69) is 10.2 Å². The van der Waals surface area contributed by atoms with Gasteiger partial charge >= 0.3 is 0 Å². The largest absolute Gasteiger partial charge is 0.419 e. The van der Waals surface area contributed by atoms with Gasteiger partial charge in [0.1, 0.15) is 0 Å². The highest BCUT2D eigenvalue weighted by Gasteiger charge is 2.42. The lowest BCUT2D eigenvalue weighted by atomic mass is 9.85. The molecule has 1 amide bonds. The monoisotopic (exact) mass is 272 g/mol. The molecule has 6 nitrogen and oxygen atoms in total.